The van der Waals surface area contributed by atoms with Crippen LogP contribution in [0.5, 0.6) is 0 Å². The van der Waals surface area contributed by atoms with Crippen LogP contribution < -0.4 is 5.26 Å². The number of hydrogen-bond donors (Lipinski definition) is 2. The van der Waals surface area contributed by atoms with E-state index in [0.29, 0.717) is 12.8 Å². The van der Waals surface area contributed by atoms with Crippen LogP contribution in [0.15, 0.2) is 0 Å². The molecule has 0 rings (SSSR count). The molecule has 0 amide bonds. The van der Waals surface area contributed by atoms with E-state index < -0.39 is 17.7 Å². The number of aliphatic hydroxyl groups excluding tert-OH is 1. The van der Waals surface area contributed by atoms with Crippen LogP contribution in [0.25, 0.3) is 0 Å². The fourth-order valence-corrected chi connectivity index (χ4v) is 4.15. The summed E-state index contributed by atoms with van der Waals surface area (Å²) in [5.41, 5.74) is -2.01. The van der Waals surface area contributed by atoms with E-state index in [4.69, 9.17) is 4.74 Å². The number of ether oxygens (including phenoxy) is 1. The van der Waals surface area contributed by atoms with Crippen LogP contribution in [-0.4, -0.2) is 33.9 Å². The van der Waals surface area contributed by atoms with Gasteiger partial charge in [0.05, 0.1) is 6.10 Å². The molecule has 0 fully saturated rings. The van der Waals surface area contributed by atoms with E-state index in [9.17, 15) is 20.3 Å². The van der Waals surface area contributed by atoms with E-state index in [1.54, 1.807) is 6.92 Å². The minimum absolute atomic E-state index is 0.103. The first-order chi connectivity index (χ1) is 16.0. The van der Waals surface area contributed by atoms with Gasteiger partial charge in [0, 0.05) is 0 Å². The summed E-state index contributed by atoms with van der Waals surface area (Å²) in [5, 5.41) is 32.0. The molecule has 6 nitrogen and oxygen atoms in total. The van der Waals surface area contributed by atoms with Crippen LogP contribution >= 0.6 is 0 Å². The number of carbonyl (C=O) groups is 1. The fourth-order valence-electron chi connectivity index (χ4n) is 4.15. The lowest BCUT2D eigenvalue weighted by Gasteiger charge is -2.26. The fraction of sp³-hybridized carbons (Fsp3) is 0.926. The first kappa shape index (κ1) is 31.9. The second-order valence-electron chi connectivity index (χ2n) is 9.50. The summed E-state index contributed by atoms with van der Waals surface area (Å²) >= 11 is 0. The summed E-state index contributed by atoms with van der Waals surface area (Å²) in [6.07, 6.45) is 18.6. The summed E-state index contributed by atoms with van der Waals surface area (Å²) in [5.74, 6) is -1.31. The molecule has 2 unspecified atom stereocenters. The first-order valence-electron chi connectivity index (χ1n) is 13.7. The predicted molar refractivity (Wildman–Crippen MR) is 131 cm³/mol. The van der Waals surface area contributed by atoms with Crippen molar-refractivity contribution in [2.75, 3.05) is 0 Å². The van der Waals surface area contributed by atoms with Crippen molar-refractivity contribution >= 4 is 11.9 Å². The zero-order valence-electron chi connectivity index (χ0n) is 21.7. The van der Waals surface area contributed by atoms with Gasteiger partial charge in [-0.05, 0) is 25.7 Å². The van der Waals surface area contributed by atoms with Crippen LogP contribution in [-0.2, 0) is 14.1 Å². The Bertz CT molecular complexity index is 493. The third-order valence-electron chi connectivity index (χ3n) is 6.49. The van der Waals surface area contributed by atoms with Crippen LogP contribution in [0.3, 0.4) is 0 Å². The van der Waals surface area contributed by atoms with Gasteiger partial charge in [0.15, 0.2) is 0 Å². The molecule has 0 heterocycles. The van der Waals surface area contributed by atoms with Gasteiger partial charge >= 0.3 is 11.9 Å². The quantitative estimate of drug-likeness (QED) is 0.0516. The summed E-state index contributed by atoms with van der Waals surface area (Å²) in [4.78, 5) is 12.6. The number of carbonyl (C=O) groups excluding carboxylic acids is 2. The van der Waals surface area contributed by atoms with Gasteiger partial charge in [-0.15, -0.1) is 0 Å². The highest BCUT2D eigenvalue weighted by molar-refractivity contribution is 5.90. The van der Waals surface area contributed by atoms with E-state index in [2.05, 4.69) is 18.4 Å². The SMILES string of the molecule is CCCCCCCCCCCCCCCC(OC(=O)C(O)(CCCCCC)C(O)CC)=[O+][O-]. The minimum atomic E-state index is -2.01. The second kappa shape index (κ2) is 21.4. The Morgan fingerprint density at radius 2 is 1.21 bits per heavy atom. The van der Waals surface area contributed by atoms with Crippen molar-refractivity contribution in [3.05, 3.63) is 0 Å². The topological polar surface area (TPSA) is 101 Å². The molecule has 0 aliphatic heterocycles. The third-order valence-corrected chi connectivity index (χ3v) is 6.49. The Morgan fingerprint density at radius 3 is 1.64 bits per heavy atom. The molecule has 0 aromatic carbocycles. The Kier molecular flexibility index (Phi) is 20.7. The van der Waals surface area contributed by atoms with Crippen LogP contribution in [0.2, 0.25) is 0 Å². The van der Waals surface area contributed by atoms with Gasteiger partial charge in [0.2, 0.25) is 5.60 Å². The average Bonchev–Trinajstić information content (AvgIpc) is 2.82. The van der Waals surface area contributed by atoms with Gasteiger partial charge in [-0.3, -0.25) is 4.58 Å². The maximum absolute atomic E-state index is 12.6. The van der Waals surface area contributed by atoms with Crippen molar-refractivity contribution in [2.24, 2.45) is 0 Å². The van der Waals surface area contributed by atoms with Gasteiger partial charge in [0.1, 0.15) is 6.42 Å². The molecule has 0 radical (unpaired) electrons. The molecule has 0 spiro atoms. The van der Waals surface area contributed by atoms with Gasteiger partial charge in [0.25, 0.3) is 0 Å². The smallest absolute Gasteiger partial charge is 0.506 e. The van der Waals surface area contributed by atoms with Crippen LogP contribution in [0.1, 0.15) is 149 Å². The monoisotopic (exact) mass is 472 g/mol. The molecule has 196 valence electrons. The second-order valence-corrected chi connectivity index (χ2v) is 9.50. The molecule has 0 saturated heterocycles. The first-order valence-corrected chi connectivity index (χ1v) is 13.7. The molecule has 2 N–H and O–H groups in total. The molecule has 0 aromatic rings. The molecule has 6 heteroatoms. The molecule has 33 heavy (non-hydrogen) atoms. The third kappa shape index (κ3) is 15.4. The van der Waals surface area contributed by atoms with Crippen molar-refractivity contribution < 1.29 is 29.6 Å². The molecular formula is C27H52O6. The van der Waals surface area contributed by atoms with Crippen molar-refractivity contribution in [3.8, 4) is 0 Å². The van der Waals surface area contributed by atoms with Crippen molar-refractivity contribution in [2.45, 2.75) is 161 Å². The van der Waals surface area contributed by atoms with Crippen molar-refractivity contribution in [1.29, 1.82) is 0 Å². The molecule has 0 aromatic heterocycles. The Hall–Kier alpha value is -1.14. The maximum Gasteiger partial charge on any atom is 0.506 e. The Balaban J connectivity index is 4.10. The van der Waals surface area contributed by atoms with E-state index >= 15 is 0 Å². The van der Waals surface area contributed by atoms with E-state index in [0.717, 1.165) is 32.1 Å². The lowest BCUT2D eigenvalue weighted by molar-refractivity contribution is -1.05. The number of esters is 2. The Morgan fingerprint density at radius 1 is 0.788 bits per heavy atom. The number of unbranched alkanes of at least 4 members (excludes halogenated alkanes) is 15. The lowest BCUT2D eigenvalue weighted by Crippen LogP contribution is -2.51. The largest absolute Gasteiger partial charge is 0.588 e. The molecule has 0 bridgehead atoms. The molecule has 2 atom stereocenters. The summed E-state index contributed by atoms with van der Waals surface area (Å²) in [7, 11) is 0. The van der Waals surface area contributed by atoms with Gasteiger partial charge < -0.3 is 15.5 Å². The summed E-state index contributed by atoms with van der Waals surface area (Å²) in [6.45, 7) is 6.01. The maximum atomic E-state index is 12.6. The van der Waals surface area contributed by atoms with E-state index in [1.165, 1.54) is 64.2 Å². The predicted octanol–water partition coefficient (Wildman–Crippen LogP) is 5.82. The highest BCUT2D eigenvalue weighted by Gasteiger charge is 2.49. The van der Waals surface area contributed by atoms with Crippen LogP contribution in [0, 0.1) is 0 Å². The number of aliphatic hydroxyl groups is 2. The van der Waals surface area contributed by atoms with Gasteiger partial charge in [-0.25, -0.2) is 9.53 Å². The number of rotatable bonds is 22. The summed E-state index contributed by atoms with van der Waals surface area (Å²) < 4.78 is 9.10. The van der Waals surface area contributed by atoms with Crippen LogP contribution in [0.4, 0.5) is 0 Å². The Labute approximate surface area is 202 Å². The zero-order valence-corrected chi connectivity index (χ0v) is 21.7. The van der Waals surface area contributed by atoms with Crippen molar-refractivity contribution in [1.82, 2.24) is 0 Å². The van der Waals surface area contributed by atoms with E-state index in [1.807, 2.05) is 0 Å². The molecule has 0 aliphatic rings. The number of hydrogen-bond acceptors (Lipinski definition) is 5. The normalized spacial score (nSPS) is 14.8. The highest BCUT2D eigenvalue weighted by Crippen LogP contribution is 2.24. The van der Waals surface area contributed by atoms with Gasteiger partial charge in [-0.1, -0.05) is 117 Å². The van der Waals surface area contributed by atoms with E-state index in [-0.39, 0.29) is 25.2 Å². The van der Waals surface area contributed by atoms with Crippen molar-refractivity contribution in [3.63, 3.8) is 0 Å². The standard InChI is InChI=1S/C27H52O6/c1-4-7-9-11-12-13-14-15-16-17-18-19-20-22-25(33-31)32-26(29)27(30,24(28)6-3)23-21-10-8-5-2/h24,28,30H,4-23H2,1-3H3. The molecule has 0 aliphatic carbocycles. The molecule has 0 saturated carbocycles. The van der Waals surface area contributed by atoms with Gasteiger partial charge in [-0.2, -0.15) is 0 Å². The highest BCUT2D eigenvalue weighted by atomic mass is 17.1. The minimum Gasteiger partial charge on any atom is -0.588 e. The lowest BCUT2D eigenvalue weighted by atomic mass is 9.88. The molecular weight excluding hydrogens is 420 g/mol. The zero-order chi connectivity index (χ0) is 24.8. The summed E-state index contributed by atoms with van der Waals surface area (Å²) in [6, 6.07) is 0. The average molecular weight is 473 g/mol.